The Morgan fingerprint density at radius 1 is 1.48 bits per heavy atom. The van der Waals surface area contributed by atoms with Crippen LogP contribution in [0.15, 0.2) is 24.5 Å². The molecule has 2 amide bonds. The third-order valence-corrected chi connectivity index (χ3v) is 4.18. The summed E-state index contributed by atoms with van der Waals surface area (Å²) >= 11 is 5.98. The number of aromatic nitrogens is 5. The number of nitrogens with zero attached hydrogens (tertiary/aromatic N) is 5. The molecule has 3 rings (SSSR count). The lowest BCUT2D eigenvalue weighted by atomic mass is 10.3. The highest BCUT2D eigenvalue weighted by molar-refractivity contribution is 6.31. The number of urea groups is 1. The lowest BCUT2D eigenvalue weighted by Gasteiger charge is -2.20. The highest BCUT2D eigenvalue weighted by Crippen LogP contribution is 2.18. The van der Waals surface area contributed by atoms with Crippen molar-refractivity contribution in [3.63, 3.8) is 0 Å². The summed E-state index contributed by atoms with van der Waals surface area (Å²) in [6, 6.07) is 4.99. The summed E-state index contributed by atoms with van der Waals surface area (Å²) in [5.74, 6) is 1.42. The Morgan fingerprint density at radius 2 is 2.28 bits per heavy atom. The molecule has 1 aromatic carbocycles. The largest absolute Gasteiger partial charge is 0.340 e. The fourth-order valence-electron chi connectivity index (χ4n) is 2.61. The Kier molecular flexibility index (Phi) is 4.89. The van der Waals surface area contributed by atoms with Crippen LogP contribution in [-0.2, 0) is 13.1 Å². The van der Waals surface area contributed by atoms with Gasteiger partial charge in [0.1, 0.15) is 12.2 Å². The lowest BCUT2D eigenvalue weighted by Crippen LogP contribution is -2.39. The zero-order chi connectivity index (χ0) is 18.0. The van der Waals surface area contributed by atoms with E-state index in [9.17, 15) is 4.79 Å². The van der Waals surface area contributed by atoms with Crippen LogP contribution in [0.2, 0.25) is 5.02 Å². The molecule has 0 bridgehead atoms. The van der Waals surface area contributed by atoms with Crippen molar-refractivity contribution >= 4 is 28.7 Å². The maximum atomic E-state index is 12.4. The number of hydrogen-bond acceptors (Lipinski definition) is 4. The summed E-state index contributed by atoms with van der Waals surface area (Å²) in [6.07, 6.45) is 1.65. The second kappa shape index (κ2) is 7.10. The van der Waals surface area contributed by atoms with Crippen LogP contribution in [0, 0.1) is 0 Å². The molecule has 0 saturated heterocycles. The van der Waals surface area contributed by atoms with Crippen LogP contribution in [0.3, 0.4) is 0 Å². The van der Waals surface area contributed by atoms with Gasteiger partial charge in [0, 0.05) is 18.6 Å². The van der Waals surface area contributed by atoms with Gasteiger partial charge in [-0.3, -0.25) is 0 Å². The average molecular weight is 362 g/mol. The summed E-state index contributed by atoms with van der Waals surface area (Å²) in [5, 5.41) is 11.5. The quantitative estimate of drug-likeness (QED) is 0.730. The van der Waals surface area contributed by atoms with Gasteiger partial charge in [0.2, 0.25) is 0 Å². The van der Waals surface area contributed by atoms with Crippen LogP contribution in [-0.4, -0.2) is 42.7 Å². The van der Waals surface area contributed by atoms with Gasteiger partial charge in [0.15, 0.2) is 5.82 Å². The third kappa shape index (κ3) is 3.74. The number of carbonyl (C=O) groups is 1. The molecule has 25 heavy (non-hydrogen) atoms. The van der Waals surface area contributed by atoms with E-state index in [-0.39, 0.29) is 12.1 Å². The van der Waals surface area contributed by atoms with Crippen molar-refractivity contribution in [2.75, 3.05) is 7.05 Å². The normalized spacial score (nSPS) is 12.3. The lowest BCUT2D eigenvalue weighted by molar-refractivity contribution is 0.202. The van der Waals surface area contributed by atoms with Crippen molar-refractivity contribution in [3.05, 3.63) is 41.2 Å². The average Bonchev–Trinajstić information content (AvgIpc) is 3.19. The van der Waals surface area contributed by atoms with Gasteiger partial charge < -0.3 is 19.8 Å². The van der Waals surface area contributed by atoms with E-state index >= 15 is 0 Å². The molecule has 0 aliphatic carbocycles. The number of fused-ring (bicyclic) bond motifs is 1. The summed E-state index contributed by atoms with van der Waals surface area (Å²) < 4.78 is 1.90. The first-order chi connectivity index (χ1) is 12.0. The Bertz CT molecular complexity index is 888. The Balaban J connectivity index is 1.65. The first-order valence-corrected chi connectivity index (χ1v) is 8.39. The van der Waals surface area contributed by atoms with Crippen LogP contribution in [0.25, 0.3) is 11.0 Å². The van der Waals surface area contributed by atoms with E-state index in [0.717, 1.165) is 23.4 Å². The van der Waals surface area contributed by atoms with Gasteiger partial charge in [-0.15, -0.1) is 10.2 Å². The summed E-state index contributed by atoms with van der Waals surface area (Å²) in [6.45, 7) is 4.98. The number of rotatable bonds is 5. The maximum absolute atomic E-state index is 12.4. The zero-order valence-corrected chi connectivity index (χ0v) is 15.1. The number of benzene rings is 1. The monoisotopic (exact) mass is 361 g/mol. The number of aromatic amines is 1. The van der Waals surface area contributed by atoms with Crippen molar-refractivity contribution < 1.29 is 4.79 Å². The minimum atomic E-state index is -0.244. The van der Waals surface area contributed by atoms with E-state index in [2.05, 4.69) is 25.5 Å². The molecule has 0 aliphatic rings. The van der Waals surface area contributed by atoms with E-state index < -0.39 is 0 Å². The standard InChI is InChI=1S/C16H20ClN7O/c1-4-24-9-18-22-15(24)10(2)19-16(25)23(3)8-14-20-12-6-5-11(17)7-13(12)21-14/h5-7,9-10H,4,8H2,1-3H3,(H,19,25)(H,20,21)/t10-/m0/s1. The molecule has 0 spiro atoms. The van der Waals surface area contributed by atoms with Crippen LogP contribution in [0.1, 0.15) is 31.5 Å². The minimum absolute atomic E-state index is 0.211. The number of amides is 2. The molecule has 9 heteroatoms. The molecule has 2 heterocycles. The van der Waals surface area contributed by atoms with Crippen molar-refractivity contribution in [1.29, 1.82) is 0 Å². The predicted octanol–water partition coefficient (Wildman–Crippen LogP) is 2.73. The fraction of sp³-hybridized carbons (Fsp3) is 0.375. The molecule has 2 N–H and O–H groups in total. The molecular formula is C16H20ClN7O. The third-order valence-electron chi connectivity index (χ3n) is 3.94. The number of halogens is 1. The summed E-state index contributed by atoms with van der Waals surface area (Å²) in [4.78, 5) is 21.6. The smallest absolute Gasteiger partial charge is 0.318 e. The second-order valence-electron chi connectivity index (χ2n) is 5.85. The minimum Gasteiger partial charge on any atom is -0.340 e. The molecule has 1 atom stereocenters. The van der Waals surface area contributed by atoms with E-state index in [1.165, 1.54) is 0 Å². The van der Waals surface area contributed by atoms with E-state index in [0.29, 0.717) is 17.4 Å². The number of carbonyl (C=O) groups excluding carboxylic acids is 1. The first kappa shape index (κ1) is 17.2. The van der Waals surface area contributed by atoms with Crippen LogP contribution >= 0.6 is 11.6 Å². The molecule has 0 saturated carbocycles. The number of imidazole rings is 1. The van der Waals surface area contributed by atoms with Crippen molar-refractivity contribution in [3.8, 4) is 0 Å². The number of hydrogen-bond donors (Lipinski definition) is 2. The van der Waals surface area contributed by atoms with Crippen molar-refractivity contribution in [2.45, 2.75) is 33.0 Å². The second-order valence-corrected chi connectivity index (χ2v) is 6.28. The first-order valence-electron chi connectivity index (χ1n) is 8.01. The van der Waals surface area contributed by atoms with Crippen LogP contribution < -0.4 is 5.32 Å². The number of H-pyrrole nitrogens is 1. The summed E-state index contributed by atoms with van der Waals surface area (Å²) in [7, 11) is 1.72. The van der Waals surface area contributed by atoms with Crippen molar-refractivity contribution in [1.82, 2.24) is 34.9 Å². The number of nitrogens with one attached hydrogen (secondary N) is 2. The molecule has 3 aromatic rings. The van der Waals surface area contributed by atoms with Gasteiger partial charge >= 0.3 is 6.03 Å². The Hall–Kier alpha value is -2.61. The molecule has 0 radical (unpaired) electrons. The maximum Gasteiger partial charge on any atom is 0.318 e. The van der Waals surface area contributed by atoms with Crippen LogP contribution in [0.4, 0.5) is 4.79 Å². The van der Waals surface area contributed by atoms with Gasteiger partial charge in [0.05, 0.1) is 23.6 Å². The predicted molar refractivity (Wildman–Crippen MR) is 95.2 cm³/mol. The fourth-order valence-corrected chi connectivity index (χ4v) is 2.78. The van der Waals surface area contributed by atoms with Gasteiger partial charge in [-0.1, -0.05) is 11.6 Å². The Labute approximate surface area is 150 Å². The van der Waals surface area contributed by atoms with Gasteiger partial charge in [-0.25, -0.2) is 9.78 Å². The molecule has 0 unspecified atom stereocenters. The highest BCUT2D eigenvalue weighted by atomic mass is 35.5. The molecular weight excluding hydrogens is 342 g/mol. The molecule has 2 aromatic heterocycles. The van der Waals surface area contributed by atoms with E-state index in [1.807, 2.05) is 30.5 Å². The zero-order valence-electron chi connectivity index (χ0n) is 14.3. The molecule has 0 aliphatic heterocycles. The van der Waals surface area contributed by atoms with Gasteiger partial charge in [0.25, 0.3) is 0 Å². The molecule has 8 nitrogen and oxygen atoms in total. The number of aryl methyl sites for hydroxylation is 1. The SMILES string of the molecule is CCn1cnnc1[C@H](C)NC(=O)N(C)Cc1nc2ccc(Cl)cc2[nH]1. The van der Waals surface area contributed by atoms with Crippen molar-refractivity contribution in [2.24, 2.45) is 0 Å². The molecule has 0 fully saturated rings. The van der Waals surface area contributed by atoms with Gasteiger partial charge in [-0.2, -0.15) is 0 Å². The topological polar surface area (TPSA) is 91.7 Å². The highest BCUT2D eigenvalue weighted by Gasteiger charge is 2.18. The van der Waals surface area contributed by atoms with Crippen LogP contribution in [0.5, 0.6) is 0 Å². The van der Waals surface area contributed by atoms with E-state index in [1.54, 1.807) is 24.3 Å². The van der Waals surface area contributed by atoms with Gasteiger partial charge in [-0.05, 0) is 32.0 Å². The molecule has 132 valence electrons. The van der Waals surface area contributed by atoms with E-state index in [4.69, 9.17) is 11.6 Å². The summed E-state index contributed by atoms with van der Waals surface area (Å²) in [5.41, 5.74) is 1.67. The Morgan fingerprint density at radius 3 is 3.04 bits per heavy atom.